The van der Waals surface area contributed by atoms with Crippen LogP contribution in [0.4, 0.5) is 5.69 Å². The molecule has 2 aliphatic heterocycles. The predicted molar refractivity (Wildman–Crippen MR) is 309 cm³/mol. The number of carbonyl (C=O) groups excluding carboxylic acids is 5. The van der Waals surface area contributed by atoms with Gasteiger partial charge in [-0.25, -0.2) is 4.98 Å². The molecular weight excluding hydrogens is 1050 g/mol. The molecule has 2 saturated heterocycles. The smallest absolute Gasteiger partial charge is 0.253 e. The minimum atomic E-state index is -0.943. The molecule has 0 saturated carbocycles. The number of rotatable bonds is 26. The quantitative estimate of drug-likeness (QED) is 0.0437. The van der Waals surface area contributed by atoms with E-state index in [1.165, 1.54) is 4.90 Å². The number of benzene rings is 4. The first-order chi connectivity index (χ1) is 39.1. The number of nitriles is 1. The lowest BCUT2D eigenvalue weighted by Gasteiger charge is -2.35. The second-order valence-corrected chi connectivity index (χ2v) is 22.2. The van der Waals surface area contributed by atoms with E-state index >= 15 is 0 Å². The number of nitrogens with zero attached hydrogens (tertiary/aromatic N) is 6. The van der Waals surface area contributed by atoms with Gasteiger partial charge in [-0.15, -0.1) is 11.3 Å². The molecule has 4 heterocycles. The van der Waals surface area contributed by atoms with Crippen molar-refractivity contribution >= 4 is 68.2 Å². The van der Waals surface area contributed by atoms with Crippen molar-refractivity contribution in [2.24, 2.45) is 5.41 Å². The van der Waals surface area contributed by atoms with E-state index in [1.54, 1.807) is 33.4 Å². The van der Waals surface area contributed by atoms with Crippen molar-refractivity contribution in [2.75, 3.05) is 97.4 Å². The van der Waals surface area contributed by atoms with Gasteiger partial charge in [0.15, 0.2) is 0 Å². The molecule has 20 heteroatoms. The number of β-amino-alcohol motifs (C(OH)–C–C–N with tert-alkyl or cyclic N) is 1. The number of aliphatic hydroxyl groups excluding tert-OH is 1. The Labute approximate surface area is 476 Å². The van der Waals surface area contributed by atoms with Gasteiger partial charge in [-0.3, -0.25) is 29.0 Å². The van der Waals surface area contributed by atoms with Crippen molar-refractivity contribution in [1.82, 2.24) is 35.3 Å². The first-order valence-electron chi connectivity index (χ1n) is 27.6. The number of amides is 5. The summed E-state index contributed by atoms with van der Waals surface area (Å²) in [7, 11) is 0. The Morgan fingerprint density at radius 1 is 0.778 bits per heavy atom. The minimum absolute atomic E-state index is 0.0110. The molecule has 4 N–H and O–H groups in total. The van der Waals surface area contributed by atoms with Gasteiger partial charge in [0.1, 0.15) is 12.1 Å². The number of hydrogen-bond acceptors (Lipinski definition) is 15. The number of aryl methyl sites for hydroxylation is 1. The number of hydrogen-bond donors (Lipinski definition) is 4. The Morgan fingerprint density at radius 3 is 2.11 bits per heavy atom. The molecule has 5 amide bonds. The Hall–Kier alpha value is -7.38. The van der Waals surface area contributed by atoms with Gasteiger partial charge in [-0.2, -0.15) is 5.26 Å². The summed E-state index contributed by atoms with van der Waals surface area (Å²) in [6.07, 6.45) is 2.02. The lowest BCUT2D eigenvalue weighted by molar-refractivity contribution is -0.144. The van der Waals surface area contributed by atoms with E-state index in [-0.39, 0.29) is 75.8 Å². The Balaban J connectivity index is 0.634. The molecule has 2 fully saturated rings. The zero-order valence-corrected chi connectivity index (χ0v) is 47.4. The monoisotopic (exact) mass is 1120 g/mol. The predicted octanol–water partition coefficient (Wildman–Crippen LogP) is 6.29. The van der Waals surface area contributed by atoms with Gasteiger partial charge >= 0.3 is 0 Å². The Kier molecular flexibility index (Phi) is 21.3. The van der Waals surface area contributed by atoms with Crippen LogP contribution in [0.5, 0.6) is 0 Å². The molecule has 2 unspecified atom stereocenters. The van der Waals surface area contributed by atoms with Crippen LogP contribution in [0.1, 0.15) is 72.8 Å². The normalized spacial score (nSPS) is 15.9. The van der Waals surface area contributed by atoms with Crippen LogP contribution < -0.4 is 16.0 Å². The van der Waals surface area contributed by atoms with E-state index in [4.69, 9.17) is 18.9 Å². The van der Waals surface area contributed by atoms with Gasteiger partial charge in [0.2, 0.25) is 23.6 Å². The summed E-state index contributed by atoms with van der Waals surface area (Å²) < 4.78 is 22.5. The van der Waals surface area contributed by atoms with Crippen LogP contribution in [0.3, 0.4) is 0 Å². The largest absolute Gasteiger partial charge is 0.391 e. The summed E-state index contributed by atoms with van der Waals surface area (Å²) in [5.41, 5.74) is 8.15. The van der Waals surface area contributed by atoms with Crippen LogP contribution in [0, 0.1) is 23.7 Å². The highest BCUT2D eigenvalue weighted by atomic mass is 32.1. The van der Waals surface area contributed by atoms with Crippen molar-refractivity contribution in [3.05, 3.63) is 125 Å². The maximum absolute atomic E-state index is 14.0. The number of ether oxygens (including phenoxy) is 4. The molecular formula is C61H73N9O10S. The van der Waals surface area contributed by atoms with E-state index in [2.05, 4.69) is 44.1 Å². The maximum Gasteiger partial charge on any atom is 0.253 e. The van der Waals surface area contributed by atoms with Crippen molar-refractivity contribution in [2.45, 2.75) is 78.1 Å². The minimum Gasteiger partial charge on any atom is -0.391 e. The first-order valence-corrected chi connectivity index (χ1v) is 28.5. The molecule has 0 radical (unpaired) electrons. The van der Waals surface area contributed by atoms with Crippen molar-refractivity contribution in [3.8, 4) is 16.5 Å². The van der Waals surface area contributed by atoms with Gasteiger partial charge in [-0.05, 0) is 82.6 Å². The molecule has 6 aromatic rings. The van der Waals surface area contributed by atoms with Crippen molar-refractivity contribution < 1.29 is 48.0 Å². The fourth-order valence-electron chi connectivity index (χ4n) is 9.89. The molecule has 428 valence electrons. The number of thiazole rings is 1. The van der Waals surface area contributed by atoms with Gasteiger partial charge in [-0.1, -0.05) is 69.3 Å². The zero-order valence-electron chi connectivity index (χ0n) is 46.6. The number of piperazine rings is 1. The summed E-state index contributed by atoms with van der Waals surface area (Å²) in [5, 5.41) is 32.1. The van der Waals surface area contributed by atoms with Crippen LogP contribution in [-0.2, 0) is 51.1 Å². The third-order valence-electron chi connectivity index (χ3n) is 14.4. The average Bonchev–Trinajstić information content (AvgIpc) is 4.30. The standard InChI is InChI=1S/C61H73N9O10S/c1-41-56(81-40-66-41)45-9-6-43(7-10-45)38-65-58(74)53-36-49(71)39-70(53)60(76)57(61(2,3)4)67-54(72)17-25-77-27-29-79-31-32-80-30-28-78-26-18-55(73)68-21-23-69(24-22-68)59(75)48-13-12-46-33-42(5-11-47(46)35-48)15-19-63-52-16-20-64-51-14-8-44(37-62)34-50(51)52/h5-14,16,20,33-35,40,49,53,57,71H,15,17-19,21-32,36,38-39H2,1-4H3,(H,63,64)(H,65,74)(H,67,72)/t49?,53?,57-/m1/s1. The first kappa shape index (κ1) is 59.7. The van der Waals surface area contributed by atoms with Gasteiger partial charge < -0.3 is 54.7 Å². The fraction of sp³-hybridized carbons (Fsp3) is 0.443. The molecule has 81 heavy (non-hydrogen) atoms. The summed E-state index contributed by atoms with van der Waals surface area (Å²) in [4.78, 5) is 81.7. The Morgan fingerprint density at radius 2 is 1.43 bits per heavy atom. The van der Waals surface area contributed by atoms with Crippen LogP contribution in [0.15, 0.2) is 96.6 Å². The molecule has 19 nitrogen and oxygen atoms in total. The number of carbonyl (C=O) groups is 5. The summed E-state index contributed by atoms with van der Waals surface area (Å²) in [5.74, 6) is -1.25. The van der Waals surface area contributed by atoms with Crippen LogP contribution in [0.2, 0.25) is 0 Å². The number of aromatic nitrogens is 2. The summed E-state index contributed by atoms with van der Waals surface area (Å²) in [6.45, 7) is 12.5. The second-order valence-electron chi connectivity index (χ2n) is 21.3. The lowest BCUT2D eigenvalue weighted by atomic mass is 9.85. The highest BCUT2D eigenvalue weighted by Crippen LogP contribution is 2.29. The van der Waals surface area contributed by atoms with Crippen molar-refractivity contribution in [1.29, 1.82) is 5.26 Å². The Bertz CT molecular complexity index is 3170. The number of nitrogens with one attached hydrogen (secondary N) is 3. The average molecular weight is 1120 g/mol. The lowest BCUT2D eigenvalue weighted by Crippen LogP contribution is -2.57. The number of fused-ring (bicyclic) bond motifs is 2. The molecule has 3 atom stereocenters. The van der Waals surface area contributed by atoms with Gasteiger partial charge in [0.25, 0.3) is 5.91 Å². The zero-order chi connectivity index (χ0) is 57.3. The number of aliphatic hydroxyl groups is 1. The molecule has 0 bridgehead atoms. The number of anilines is 1. The summed E-state index contributed by atoms with van der Waals surface area (Å²) >= 11 is 1.57. The highest BCUT2D eigenvalue weighted by molar-refractivity contribution is 7.13. The second kappa shape index (κ2) is 28.9. The van der Waals surface area contributed by atoms with E-state index in [9.17, 15) is 34.3 Å². The SMILES string of the molecule is Cc1ncsc1-c1ccc(CNC(=O)C2CC(O)CN2C(=O)[C@@H](NC(=O)CCOCCOCCOCCOCCC(=O)N2CCN(C(=O)c3ccc4cc(CCNc5ccnc6ccc(C#N)cc56)ccc4c3)CC2)C(C)(C)C)cc1. The number of pyridine rings is 1. The van der Waals surface area contributed by atoms with Crippen molar-refractivity contribution in [3.63, 3.8) is 0 Å². The number of likely N-dealkylation sites (tertiary alicyclic amines) is 1. The van der Waals surface area contributed by atoms with E-state index < -0.39 is 29.5 Å². The fourth-order valence-corrected chi connectivity index (χ4v) is 10.7. The highest BCUT2D eigenvalue weighted by Gasteiger charge is 2.44. The summed E-state index contributed by atoms with van der Waals surface area (Å²) in [6, 6.07) is 27.7. The van der Waals surface area contributed by atoms with Gasteiger partial charge in [0, 0.05) is 81.5 Å². The molecule has 2 aromatic heterocycles. The molecule has 0 spiro atoms. The topological polar surface area (TPSA) is 238 Å². The molecule has 2 aliphatic rings. The van der Waals surface area contributed by atoms with Crippen LogP contribution in [0.25, 0.3) is 32.1 Å². The molecule has 4 aromatic carbocycles. The van der Waals surface area contributed by atoms with Crippen LogP contribution >= 0.6 is 11.3 Å². The molecule has 8 rings (SSSR count). The van der Waals surface area contributed by atoms with E-state index in [1.807, 2.05) is 99.9 Å². The van der Waals surface area contributed by atoms with E-state index in [0.29, 0.717) is 76.9 Å². The maximum atomic E-state index is 14.0. The van der Waals surface area contributed by atoms with E-state index in [0.717, 1.165) is 61.0 Å². The third kappa shape index (κ3) is 16.6. The third-order valence-corrected chi connectivity index (χ3v) is 15.4. The van der Waals surface area contributed by atoms with Crippen LogP contribution in [-0.4, -0.2) is 170 Å². The van der Waals surface area contributed by atoms with Gasteiger partial charge in [0.05, 0.1) is 98.6 Å². The molecule has 0 aliphatic carbocycles.